The summed E-state index contributed by atoms with van der Waals surface area (Å²) in [5.41, 5.74) is 14.3. The molecule has 0 rings (SSSR count). The van der Waals surface area contributed by atoms with E-state index >= 15 is 0 Å². The first-order valence-electron chi connectivity index (χ1n) is 4.01. The molecule has 0 aliphatic heterocycles. The van der Waals surface area contributed by atoms with Crippen molar-refractivity contribution < 1.29 is 50.4 Å². The van der Waals surface area contributed by atoms with Crippen LogP contribution in [0.5, 0.6) is 0 Å². The van der Waals surface area contributed by atoms with Crippen LogP contribution < -0.4 is 58.4 Å². The van der Waals surface area contributed by atoms with E-state index in [1.165, 1.54) is 0 Å². The Morgan fingerprint density at radius 2 is 0.688 bits per heavy atom. The number of hydrogen-bond donors (Lipinski definition) is 8. The van der Waals surface area contributed by atoms with Crippen LogP contribution in [-0.2, 0) is 0 Å². The summed E-state index contributed by atoms with van der Waals surface area (Å²) in [6.07, 6.45) is 0. The molecule has 0 aromatic rings. The minimum atomic E-state index is 0. The maximum Gasteiger partial charge on any atom is 1.00 e. The molecule has 0 fully saturated rings. The standard InChI is InChI=1S/3C2H7NO.H4N2.Na.H2O/c3*3-1-2-4;1-2;;/h3*4H,1-3H2;1-2H2;;1H2/q;;;;+1;/p-1. The Morgan fingerprint density at radius 3 is 0.688 bits per heavy atom. The van der Waals surface area contributed by atoms with Gasteiger partial charge in [0.25, 0.3) is 0 Å². The summed E-state index contributed by atoms with van der Waals surface area (Å²) >= 11 is 0. The molecule has 0 radical (unpaired) electrons. The molecule has 16 heavy (non-hydrogen) atoms. The number of aliphatic hydroxyl groups is 3. The molecule has 0 amide bonds. The van der Waals surface area contributed by atoms with Crippen molar-refractivity contribution in [2.45, 2.75) is 0 Å². The fourth-order valence-corrected chi connectivity index (χ4v) is 0. The minimum Gasteiger partial charge on any atom is -0.870 e. The average molecular weight is 255 g/mol. The molecule has 14 N–H and O–H groups in total. The van der Waals surface area contributed by atoms with Gasteiger partial charge in [0.15, 0.2) is 0 Å². The molecule has 0 saturated heterocycles. The molecule has 0 aromatic carbocycles. The predicted molar refractivity (Wildman–Crippen MR) is 58.7 cm³/mol. The molecule has 0 heterocycles. The van der Waals surface area contributed by atoms with E-state index in [1.54, 1.807) is 0 Å². The van der Waals surface area contributed by atoms with Crippen LogP contribution in [-0.4, -0.2) is 60.3 Å². The van der Waals surface area contributed by atoms with Gasteiger partial charge in [0, 0.05) is 19.6 Å². The van der Waals surface area contributed by atoms with Gasteiger partial charge in [-0.1, -0.05) is 0 Å². The van der Waals surface area contributed by atoms with Gasteiger partial charge in [0.05, 0.1) is 19.8 Å². The Hall–Kier alpha value is 0.640. The smallest absolute Gasteiger partial charge is 0.870 e. The van der Waals surface area contributed by atoms with Gasteiger partial charge in [-0.15, -0.1) is 0 Å². The summed E-state index contributed by atoms with van der Waals surface area (Å²) < 4.78 is 0. The van der Waals surface area contributed by atoms with E-state index in [-0.39, 0.29) is 54.9 Å². The number of aliphatic hydroxyl groups excluding tert-OH is 3. The van der Waals surface area contributed by atoms with Gasteiger partial charge >= 0.3 is 29.6 Å². The molecule has 9 nitrogen and oxygen atoms in total. The van der Waals surface area contributed by atoms with E-state index in [0.717, 1.165) is 0 Å². The van der Waals surface area contributed by atoms with E-state index in [2.05, 4.69) is 11.7 Å². The van der Waals surface area contributed by atoms with Crippen molar-refractivity contribution in [3.8, 4) is 0 Å². The summed E-state index contributed by atoms with van der Waals surface area (Å²) in [7, 11) is 0. The number of rotatable bonds is 3. The summed E-state index contributed by atoms with van der Waals surface area (Å²) in [5.74, 6) is 8.00. The second-order valence-corrected chi connectivity index (χ2v) is 1.54. The van der Waals surface area contributed by atoms with Gasteiger partial charge < -0.3 is 38.0 Å². The maximum absolute atomic E-state index is 7.75. The fraction of sp³-hybridized carbons (Fsp3) is 1.00. The molecule has 0 aromatic heterocycles. The van der Waals surface area contributed by atoms with E-state index in [9.17, 15) is 0 Å². The van der Waals surface area contributed by atoms with Gasteiger partial charge in [0.2, 0.25) is 0 Å². The summed E-state index contributed by atoms with van der Waals surface area (Å²) in [4.78, 5) is 0. The SMILES string of the molecule is NCCO.NCCO.NCCO.NN.[Na+].[OH-]. The van der Waals surface area contributed by atoms with Crippen molar-refractivity contribution >= 4 is 0 Å². The topological polar surface area (TPSA) is 221 Å². The van der Waals surface area contributed by atoms with Crippen molar-refractivity contribution in [3.05, 3.63) is 0 Å². The Bertz CT molecular complexity index is 44.4. The van der Waals surface area contributed by atoms with E-state index in [0.29, 0.717) is 19.6 Å². The predicted octanol–water partition coefficient (Wildman–Crippen LogP) is -7.54. The Labute approximate surface area is 119 Å². The molecule has 10 heteroatoms. The molecule has 0 unspecified atom stereocenters. The van der Waals surface area contributed by atoms with Crippen molar-refractivity contribution in [3.63, 3.8) is 0 Å². The van der Waals surface area contributed by atoms with Crippen LogP contribution in [0.25, 0.3) is 0 Å². The molecular formula is C6H26N5NaO4. The van der Waals surface area contributed by atoms with E-state index in [1.807, 2.05) is 0 Å². The molecule has 0 saturated carbocycles. The first kappa shape index (κ1) is 36.0. The van der Waals surface area contributed by atoms with Crippen LogP contribution >= 0.6 is 0 Å². The van der Waals surface area contributed by atoms with Crippen molar-refractivity contribution in [2.24, 2.45) is 28.9 Å². The molecule has 0 bridgehead atoms. The van der Waals surface area contributed by atoms with Crippen LogP contribution in [0.1, 0.15) is 0 Å². The average Bonchev–Trinajstić information content (AvgIpc) is 2.31. The first-order chi connectivity index (χ1) is 6.74. The molecule has 0 aliphatic rings. The Morgan fingerprint density at radius 1 is 0.625 bits per heavy atom. The number of hydrazine groups is 1. The molecule has 0 aliphatic carbocycles. The van der Waals surface area contributed by atoms with E-state index < -0.39 is 0 Å². The third-order valence-corrected chi connectivity index (χ3v) is 0.387. The number of nitrogens with two attached hydrogens (primary N) is 5. The van der Waals surface area contributed by atoms with Crippen LogP contribution in [0.4, 0.5) is 0 Å². The van der Waals surface area contributed by atoms with E-state index in [4.69, 9.17) is 32.5 Å². The monoisotopic (exact) mass is 255 g/mol. The third-order valence-electron chi connectivity index (χ3n) is 0.387. The number of hydrogen-bond acceptors (Lipinski definition) is 9. The van der Waals surface area contributed by atoms with Crippen molar-refractivity contribution in [2.75, 3.05) is 39.5 Å². The normalized spacial score (nSPS) is 6.00. The maximum atomic E-state index is 7.75. The third kappa shape index (κ3) is 206. The largest absolute Gasteiger partial charge is 1.00 e. The Kier molecular flexibility index (Phi) is 171. The van der Waals surface area contributed by atoms with Gasteiger partial charge in [-0.2, -0.15) is 0 Å². The molecular weight excluding hydrogens is 229 g/mol. The van der Waals surface area contributed by atoms with Crippen LogP contribution in [0.15, 0.2) is 0 Å². The zero-order valence-corrected chi connectivity index (χ0v) is 11.9. The Balaban J connectivity index is -0.0000000205. The van der Waals surface area contributed by atoms with Gasteiger partial charge in [0.1, 0.15) is 0 Å². The van der Waals surface area contributed by atoms with Crippen LogP contribution in [0.2, 0.25) is 0 Å². The summed E-state index contributed by atoms with van der Waals surface area (Å²) in [5, 5.41) is 23.2. The van der Waals surface area contributed by atoms with Crippen LogP contribution in [0.3, 0.4) is 0 Å². The molecule has 0 spiro atoms. The van der Waals surface area contributed by atoms with Gasteiger partial charge in [-0.25, -0.2) is 0 Å². The molecule has 0 atom stereocenters. The zero-order chi connectivity index (χ0) is 12.2. The fourth-order valence-electron chi connectivity index (χ4n) is 0. The quantitative estimate of drug-likeness (QED) is 0.136. The van der Waals surface area contributed by atoms with Crippen LogP contribution in [0, 0.1) is 0 Å². The van der Waals surface area contributed by atoms with Gasteiger partial charge in [-0.05, 0) is 0 Å². The van der Waals surface area contributed by atoms with Crippen molar-refractivity contribution in [1.29, 1.82) is 0 Å². The summed E-state index contributed by atoms with van der Waals surface area (Å²) in [6, 6.07) is 0. The van der Waals surface area contributed by atoms with Crippen molar-refractivity contribution in [1.82, 2.24) is 0 Å². The second-order valence-electron chi connectivity index (χ2n) is 1.54. The first-order valence-corrected chi connectivity index (χ1v) is 4.01. The summed E-state index contributed by atoms with van der Waals surface area (Å²) in [6.45, 7) is 1.42. The minimum absolute atomic E-state index is 0. The molecule has 100 valence electrons. The second kappa shape index (κ2) is 76.0. The van der Waals surface area contributed by atoms with Gasteiger partial charge in [-0.3, -0.25) is 11.7 Å². The zero-order valence-electron chi connectivity index (χ0n) is 9.92.